The zero-order valence-corrected chi connectivity index (χ0v) is 13.9. The van der Waals surface area contributed by atoms with Crippen LogP contribution in [0.25, 0.3) is 4.98 Å². The van der Waals surface area contributed by atoms with E-state index < -0.39 is 10.1 Å². The normalized spacial score (nSPS) is 10.9. The van der Waals surface area contributed by atoms with Crippen LogP contribution in [0.5, 0.6) is 0 Å². The van der Waals surface area contributed by atoms with E-state index in [1.807, 2.05) is 0 Å². The summed E-state index contributed by atoms with van der Waals surface area (Å²) >= 11 is 0. The Morgan fingerprint density at radius 3 is 1.71 bits per heavy atom. The van der Waals surface area contributed by atoms with E-state index in [9.17, 15) is 13.0 Å². The van der Waals surface area contributed by atoms with Gasteiger partial charge >= 0.3 is 35.2 Å². The SMILES string of the molecule is N#[N+]c1ccc(N=Nc2ccc(S(=O)(=O)[O-])cc2)cc1.[Na+]. The van der Waals surface area contributed by atoms with Crippen molar-refractivity contribution < 1.29 is 42.5 Å². The maximum absolute atomic E-state index is 10.7. The molecule has 0 bridgehead atoms. The van der Waals surface area contributed by atoms with E-state index in [2.05, 4.69) is 15.2 Å². The second-order valence-corrected chi connectivity index (χ2v) is 5.14. The molecular formula is C12H8N4NaO3S+. The van der Waals surface area contributed by atoms with Crippen LogP contribution in [0.4, 0.5) is 17.1 Å². The van der Waals surface area contributed by atoms with Gasteiger partial charge in [0, 0.05) is 12.1 Å². The first-order chi connectivity index (χ1) is 9.49. The molecular weight excluding hydrogens is 303 g/mol. The molecule has 0 heterocycles. The van der Waals surface area contributed by atoms with E-state index in [4.69, 9.17) is 5.39 Å². The van der Waals surface area contributed by atoms with E-state index in [0.29, 0.717) is 17.1 Å². The van der Waals surface area contributed by atoms with E-state index in [1.54, 1.807) is 24.3 Å². The fourth-order valence-corrected chi connectivity index (χ4v) is 1.85. The topological polar surface area (TPSA) is 110 Å². The molecule has 2 rings (SSSR count). The second-order valence-electron chi connectivity index (χ2n) is 3.76. The minimum atomic E-state index is -4.45. The van der Waals surface area contributed by atoms with Gasteiger partial charge in [-0.05, 0) is 36.4 Å². The molecule has 0 radical (unpaired) electrons. The van der Waals surface area contributed by atoms with Gasteiger partial charge in [0.05, 0.1) is 16.3 Å². The number of hydrogen-bond acceptors (Lipinski definition) is 6. The van der Waals surface area contributed by atoms with Gasteiger partial charge in [-0.25, -0.2) is 8.42 Å². The fourth-order valence-electron chi connectivity index (χ4n) is 1.38. The number of hydrogen-bond donors (Lipinski definition) is 0. The number of benzene rings is 2. The Hall–Kier alpha value is -1.63. The third kappa shape index (κ3) is 5.00. The van der Waals surface area contributed by atoms with E-state index in [0.717, 1.165) is 0 Å². The zero-order valence-electron chi connectivity index (χ0n) is 11.0. The van der Waals surface area contributed by atoms with Crippen LogP contribution in [0.2, 0.25) is 0 Å². The summed E-state index contributed by atoms with van der Waals surface area (Å²) in [7, 11) is -4.45. The molecule has 0 aliphatic heterocycles. The van der Waals surface area contributed by atoms with Crippen LogP contribution >= 0.6 is 0 Å². The summed E-state index contributed by atoms with van der Waals surface area (Å²) in [5.74, 6) is 0. The van der Waals surface area contributed by atoms with Crippen molar-refractivity contribution in [3.63, 3.8) is 0 Å². The maximum atomic E-state index is 10.7. The molecule has 0 atom stereocenters. The molecule has 21 heavy (non-hydrogen) atoms. The van der Waals surface area contributed by atoms with Gasteiger partial charge in [0.25, 0.3) is 0 Å². The van der Waals surface area contributed by atoms with E-state index >= 15 is 0 Å². The Morgan fingerprint density at radius 1 is 0.905 bits per heavy atom. The summed E-state index contributed by atoms with van der Waals surface area (Å²) in [5, 5.41) is 16.3. The van der Waals surface area contributed by atoms with Crippen molar-refractivity contribution in [1.29, 1.82) is 5.39 Å². The van der Waals surface area contributed by atoms with Crippen LogP contribution in [0, 0.1) is 5.39 Å². The molecule has 0 aliphatic rings. The molecule has 9 heteroatoms. The third-order valence-corrected chi connectivity index (χ3v) is 3.22. The van der Waals surface area contributed by atoms with Crippen molar-refractivity contribution in [3.8, 4) is 0 Å². The average molecular weight is 311 g/mol. The minimum Gasteiger partial charge on any atom is -0.744 e. The number of nitrogens with zero attached hydrogens (tertiary/aromatic N) is 4. The van der Waals surface area contributed by atoms with Crippen molar-refractivity contribution >= 4 is 27.2 Å². The van der Waals surface area contributed by atoms with Gasteiger partial charge in [0.15, 0.2) is 4.98 Å². The average Bonchev–Trinajstić information content (AvgIpc) is 2.45. The molecule has 0 aliphatic carbocycles. The molecule has 0 N–H and O–H groups in total. The quantitative estimate of drug-likeness (QED) is 0.355. The first-order valence-corrected chi connectivity index (χ1v) is 6.83. The summed E-state index contributed by atoms with van der Waals surface area (Å²) < 4.78 is 32.2. The van der Waals surface area contributed by atoms with Crippen molar-refractivity contribution in [3.05, 3.63) is 53.5 Å². The summed E-state index contributed by atoms with van der Waals surface area (Å²) in [4.78, 5) is 2.69. The van der Waals surface area contributed by atoms with Gasteiger partial charge in [-0.2, -0.15) is 10.2 Å². The molecule has 0 unspecified atom stereocenters. The molecule has 0 saturated heterocycles. The Kier molecular flexibility index (Phi) is 6.14. The smallest absolute Gasteiger partial charge is 0.744 e. The number of azo groups is 1. The molecule has 0 amide bonds. The Bertz CT molecular complexity index is 781. The van der Waals surface area contributed by atoms with Crippen molar-refractivity contribution in [2.75, 3.05) is 0 Å². The second kappa shape index (κ2) is 7.40. The van der Waals surface area contributed by atoms with Crippen LogP contribution < -0.4 is 29.6 Å². The molecule has 7 nitrogen and oxygen atoms in total. The van der Waals surface area contributed by atoms with Crippen LogP contribution in [0.3, 0.4) is 0 Å². The van der Waals surface area contributed by atoms with Crippen LogP contribution in [-0.2, 0) is 10.1 Å². The number of diazo groups is 1. The van der Waals surface area contributed by atoms with E-state index in [-0.39, 0.29) is 34.5 Å². The monoisotopic (exact) mass is 311 g/mol. The van der Waals surface area contributed by atoms with Crippen LogP contribution in [0.15, 0.2) is 63.7 Å². The van der Waals surface area contributed by atoms with Crippen molar-refractivity contribution in [2.45, 2.75) is 4.90 Å². The molecule has 2 aromatic carbocycles. The Morgan fingerprint density at radius 2 is 1.33 bits per heavy atom. The standard InChI is InChI=1S/C12H8N4O3S.Na/c13-14-9-1-3-10(4-2-9)15-16-11-5-7-12(8-6-11)20(17,18)19;/h1-8H;/q;+1. The predicted octanol–water partition coefficient (Wildman–Crippen LogP) is 0.495. The third-order valence-electron chi connectivity index (χ3n) is 2.37. The van der Waals surface area contributed by atoms with Gasteiger partial charge < -0.3 is 4.55 Å². The summed E-state index contributed by atoms with van der Waals surface area (Å²) in [6.45, 7) is 0. The molecule has 0 spiro atoms. The van der Waals surface area contributed by atoms with Gasteiger partial charge in [0.1, 0.15) is 10.1 Å². The fraction of sp³-hybridized carbons (Fsp3) is 0. The van der Waals surface area contributed by atoms with E-state index in [1.165, 1.54) is 24.3 Å². The molecule has 0 aromatic heterocycles. The van der Waals surface area contributed by atoms with Crippen molar-refractivity contribution in [1.82, 2.24) is 0 Å². The minimum absolute atomic E-state index is 0. The van der Waals surface area contributed by atoms with Crippen LogP contribution in [0.1, 0.15) is 0 Å². The summed E-state index contributed by atoms with van der Waals surface area (Å²) in [6.07, 6.45) is 0. The zero-order chi connectivity index (χ0) is 14.6. The summed E-state index contributed by atoms with van der Waals surface area (Å²) in [6, 6.07) is 11.4. The summed E-state index contributed by atoms with van der Waals surface area (Å²) in [5.41, 5.74) is 1.35. The van der Waals surface area contributed by atoms with Gasteiger partial charge in [-0.1, -0.05) is 0 Å². The first kappa shape index (κ1) is 17.4. The molecule has 100 valence electrons. The van der Waals surface area contributed by atoms with Gasteiger partial charge in [-0.3, -0.25) is 0 Å². The van der Waals surface area contributed by atoms with Crippen LogP contribution in [-0.4, -0.2) is 13.0 Å². The molecule has 2 aromatic rings. The maximum Gasteiger partial charge on any atom is 1.00 e. The number of rotatable bonds is 3. The first-order valence-electron chi connectivity index (χ1n) is 5.42. The Balaban J connectivity index is 0.00000220. The molecule has 0 saturated carbocycles. The largest absolute Gasteiger partial charge is 1.00 e. The Labute approximate surface area is 143 Å². The van der Waals surface area contributed by atoms with Gasteiger partial charge in [0.2, 0.25) is 5.39 Å². The van der Waals surface area contributed by atoms with Gasteiger partial charge in [-0.15, -0.1) is 0 Å². The molecule has 0 fully saturated rings. The van der Waals surface area contributed by atoms with Crippen molar-refractivity contribution in [2.24, 2.45) is 10.2 Å². The predicted molar refractivity (Wildman–Crippen MR) is 69.8 cm³/mol.